The van der Waals surface area contributed by atoms with Crippen LogP contribution >= 0.6 is 0 Å². The van der Waals surface area contributed by atoms with Crippen molar-refractivity contribution in [1.82, 2.24) is 25.6 Å². The average molecular weight is 361 g/mol. The monoisotopic (exact) mass is 361 g/mol. The van der Waals surface area contributed by atoms with E-state index in [1.54, 1.807) is 17.9 Å². The van der Waals surface area contributed by atoms with E-state index in [1.165, 1.54) is 38.5 Å². The molecule has 0 radical (unpaired) electrons. The lowest BCUT2D eigenvalue weighted by molar-refractivity contribution is -0.129. The topological polar surface area (TPSA) is 117 Å². The number of carbonyl (C=O) groups excluding carboxylic acids is 1. The van der Waals surface area contributed by atoms with Crippen molar-refractivity contribution in [2.75, 3.05) is 0 Å². The molecule has 1 unspecified atom stereocenters. The molecule has 8 nitrogen and oxygen atoms in total. The maximum absolute atomic E-state index is 11.7. The predicted octanol–water partition coefficient (Wildman–Crippen LogP) is 3.11. The Bertz CT molecular complexity index is 664. The van der Waals surface area contributed by atoms with Gasteiger partial charge in [0.2, 0.25) is 11.8 Å². The van der Waals surface area contributed by atoms with Crippen LogP contribution in [0, 0.1) is 5.92 Å². The molecule has 3 N–H and O–H groups in total. The van der Waals surface area contributed by atoms with Gasteiger partial charge in [-0.1, -0.05) is 50.1 Å². The SMILES string of the molecule is O=C(CC(CCCC1CCCCC1)c1nc(Cc2ncc[nH]2)no1)NO. The summed E-state index contributed by atoms with van der Waals surface area (Å²) in [5, 5.41) is 12.9. The van der Waals surface area contributed by atoms with Gasteiger partial charge >= 0.3 is 0 Å². The summed E-state index contributed by atoms with van der Waals surface area (Å²) in [5.41, 5.74) is 1.70. The van der Waals surface area contributed by atoms with Gasteiger partial charge in [-0.3, -0.25) is 10.0 Å². The van der Waals surface area contributed by atoms with Gasteiger partial charge in [0, 0.05) is 24.7 Å². The molecule has 1 aliphatic carbocycles. The first-order valence-electron chi connectivity index (χ1n) is 9.48. The van der Waals surface area contributed by atoms with Crippen molar-refractivity contribution in [1.29, 1.82) is 0 Å². The first kappa shape index (κ1) is 18.6. The molecule has 3 rings (SSSR count). The number of imidazole rings is 1. The molecule has 0 aromatic carbocycles. The van der Waals surface area contributed by atoms with Crippen LogP contribution in [0.1, 0.15) is 81.2 Å². The summed E-state index contributed by atoms with van der Waals surface area (Å²) in [6.45, 7) is 0. The van der Waals surface area contributed by atoms with Gasteiger partial charge < -0.3 is 9.51 Å². The van der Waals surface area contributed by atoms with Gasteiger partial charge in [-0.05, 0) is 12.3 Å². The van der Waals surface area contributed by atoms with Crippen LogP contribution in [0.5, 0.6) is 0 Å². The van der Waals surface area contributed by atoms with Crippen molar-refractivity contribution in [3.63, 3.8) is 0 Å². The van der Waals surface area contributed by atoms with Crippen molar-refractivity contribution in [2.45, 2.75) is 70.1 Å². The Morgan fingerprint density at radius 2 is 2.23 bits per heavy atom. The predicted molar refractivity (Wildman–Crippen MR) is 93.4 cm³/mol. The number of nitrogens with zero attached hydrogens (tertiary/aromatic N) is 3. The summed E-state index contributed by atoms with van der Waals surface area (Å²) in [5.74, 6) is 1.95. The van der Waals surface area contributed by atoms with E-state index in [-0.39, 0.29) is 12.3 Å². The Morgan fingerprint density at radius 1 is 1.38 bits per heavy atom. The Kier molecular flexibility index (Phi) is 6.76. The summed E-state index contributed by atoms with van der Waals surface area (Å²) >= 11 is 0. The van der Waals surface area contributed by atoms with E-state index >= 15 is 0 Å². The van der Waals surface area contributed by atoms with Crippen LogP contribution in [0.25, 0.3) is 0 Å². The van der Waals surface area contributed by atoms with E-state index in [0.29, 0.717) is 18.1 Å². The number of hydrogen-bond donors (Lipinski definition) is 3. The molecule has 142 valence electrons. The fraction of sp³-hybridized carbons (Fsp3) is 0.667. The molecule has 0 saturated heterocycles. The zero-order valence-corrected chi connectivity index (χ0v) is 15.0. The van der Waals surface area contributed by atoms with Gasteiger partial charge in [0.25, 0.3) is 0 Å². The van der Waals surface area contributed by atoms with E-state index < -0.39 is 5.91 Å². The summed E-state index contributed by atoms with van der Waals surface area (Å²) in [6, 6.07) is 0. The third-order valence-electron chi connectivity index (χ3n) is 5.16. The standard InChI is InChI=1S/C18H27N5O3/c24-17(22-25)11-14(8-4-7-13-5-2-1-3-6-13)18-21-16(23-26-18)12-15-19-9-10-20-15/h9-10,13-14,25H,1-8,11-12H2,(H,19,20)(H,22,24). The van der Waals surface area contributed by atoms with Crippen LogP contribution < -0.4 is 5.48 Å². The maximum atomic E-state index is 11.7. The number of H-pyrrole nitrogens is 1. The Balaban J connectivity index is 1.57. The van der Waals surface area contributed by atoms with Crippen LogP contribution in [0.15, 0.2) is 16.9 Å². The highest BCUT2D eigenvalue weighted by Gasteiger charge is 2.23. The van der Waals surface area contributed by atoms with Gasteiger partial charge in [-0.15, -0.1) is 0 Å². The lowest BCUT2D eigenvalue weighted by atomic mass is 9.84. The second-order valence-corrected chi connectivity index (χ2v) is 7.13. The van der Waals surface area contributed by atoms with E-state index in [1.807, 2.05) is 0 Å². The highest BCUT2D eigenvalue weighted by atomic mass is 16.5. The normalized spacial score (nSPS) is 16.5. The molecule has 2 aromatic heterocycles. The van der Waals surface area contributed by atoms with Gasteiger partial charge in [-0.2, -0.15) is 4.98 Å². The second kappa shape index (κ2) is 9.47. The van der Waals surface area contributed by atoms with Crippen LogP contribution in [0.2, 0.25) is 0 Å². The quantitative estimate of drug-likeness (QED) is 0.467. The number of hydrogen-bond acceptors (Lipinski definition) is 6. The summed E-state index contributed by atoms with van der Waals surface area (Å²) in [7, 11) is 0. The Hall–Kier alpha value is -2.22. The zero-order valence-electron chi connectivity index (χ0n) is 15.0. The second-order valence-electron chi connectivity index (χ2n) is 7.13. The van der Waals surface area contributed by atoms with Crippen molar-refractivity contribution >= 4 is 5.91 Å². The van der Waals surface area contributed by atoms with E-state index in [2.05, 4.69) is 20.1 Å². The third-order valence-corrected chi connectivity index (χ3v) is 5.16. The smallest absolute Gasteiger partial charge is 0.244 e. The first-order valence-corrected chi connectivity index (χ1v) is 9.48. The van der Waals surface area contributed by atoms with E-state index in [4.69, 9.17) is 9.73 Å². The minimum absolute atomic E-state index is 0.142. The van der Waals surface area contributed by atoms with Crippen LogP contribution in [-0.4, -0.2) is 31.2 Å². The van der Waals surface area contributed by atoms with Crippen molar-refractivity contribution in [3.8, 4) is 0 Å². The maximum Gasteiger partial charge on any atom is 0.244 e. The molecule has 2 heterocycles. The van der Waals surface area contributed by atoms with Gasteiger partial charge in [-0.25, -0.2) is 10.5 Å². The highest BCUT2D eigenvalue weighted by Crippen LogP contribution is 2.31. The van der Waals surface area contributed by atoms with Crippen LogP contribution in [-0.2, 0) is 11.2 Å². The number of aromatic nitrogens is 4. The van der Waals surface area contributed by atoms with Crippen molar-refractivity contribution in [3.05, 3.63) is 29.9 Å². The Morgan fingerprint density at radius 3 is 2.96 bits per heavy atom. The molecule has 0 bridgehead atoms. The molecule has 26 heavy (non-hydrogen) atoms. The van der Waals surface area contributed by atoms with Crippen LogP contribution in [0.3, 0.4) is 0 Å². The van der Waals surface area contributed by atoms with Gasteiger partial charge in [0.05, 0.1) is 6.42 Å². The number of amides is 1. The molecule has 8 heteroatoms. The van der Waals surface area contributed by atoms with E-state index in [9.17, 15) is 4.79 Å². The number of hydroxylamine groups is 1. The molecule has 1 fully saturated rings. The fourth-order valence-electron chi connectivity index (χ4n) is 3.76. The number of rotatable bonds is 9. The molecule has 1 aliphatic rings. The molecular formula is C18H27N5O3. The largest absolute Gasteiger partial charge is 0.348 e. The van der Waals surface area contributed by atoms with Crippen LogP contribution in [0.4, 0.5) is 0 Å². The summed E-state index contributed by atoms with van der Waals surface area (Å²) < 4.78 is 5.40. The zero-order chi connectivity index (χ0) is 18.2. The lowest BCUT2D eigenvalue weighted by Gasteiger charge is -2.22. The van der Waals surface area contributed by atoms with E-state index in [0.717, 1.165) is 24.6 Å². The summed E-state index contributed by atoms with van der Waals surface area (Å²) in [6.07, 6.45) is 13.7. The summed E-state index contributed by atoms with van der Waals surface area (Å²) in [4.78, 5) is 23.3. The number of carbonyl (C=O) groups is 1. The molecule has 0 spiro atoms. The molecule has 0 aliphatic heterocycles. The molecule has 1 atom stereocenters. The lowest BCUT2D eigenvalue weighted by Crippen LogP contribution is -2.21. The number of nitrogens with one attached hydrogen (secondary N) is 2. The third kappa shape index (κ3) is 5.39. The molecular weight excluding hydrogens is 334 g/mol. The number of aromatic amines is 1. The molecule has 1 amide bonds. The van der Waals surface area contributed by atoms with Gasteiger partial charge in [0.15, 0.2) is 5.82 Å². The molecule has 1 saturated carbocycles. The highest BCUT2D eigenvalue weighted by molar-refractivity contribution is 5.75. The molecule has 2 aromatic rings. The van der Waals surface area contributed by atoms with Crippen molar-refractivity contribution < 1.29 is 14.5 Å². The van der Waals surface area contributed by atoms with Crippen molar-refractivity contribution in [2.24, 2.45) is 5.92 Å². The Labute approximate surface area is 152 Å². The van der Waals surface area contributed by atoms with Gasteiger partial charge in [0.1, 0.15) is 5.82 Å². The minimum atomic E-state index is -0.432. The minimum Gasteiger partial charge on any atom is -0.348 e. The average Bonchev–Trinajstić information content (AvgIpc) is 3.34. The fourth-order valence-corrected chi connectivity index (χ4v) is 3.76. The first-order chi connectivity index (χ1) is 12.7.